The van der Waals surface area contributed by atoms with E-state index in [-0.39, 0.29) is 12.6 Å². The molecule has 0 aromatic carbocycles. The van der Waals surface area contributed by atoms with Crippen LogP contribution in [0.5, 0.6) is 0 Å². The van der Waals surface area contributed by atoms with E-state index in [9.17, 15) is 9.90 Å². The number of aliphatic hydroxyl groups excluding tert-OH is 1. The van der Waals surface area contributed by atoms with Gasteiger partial charge in [0.05, 0.1) is 18.8 Å². The zero-order valence-corrected chi connectivity index (χ0v) is 11.5. The highest BCUT2D eigenvalue weighted by atomic mass is 16.5. The normalized spacial score (nSPS) is 17.7. The molecule has 0 bridgehead atoms. The summed E-state index contributed by atoms with van der Waals surface area (Å²) in [5.41, 5.74) is 0. The smallest absolute Gasteiger partial charge is 0.317 e. The summed E-state index contributed by atoms with van der Waals surface area (Å²) in [7, 11) is 0. The van der Waals surface area contributed by atoms with Crippen LogP contribution in [0.25, 0.3) is 0 Å². The van der Waals surface area contributed by atoms with Crippen molar-refractivity contribution < 1.29 is 14.6 Å². The maximum atomic E-state index is 11.6. The fourth-order valence-electron chi connectivity index (χ4n) is 2.19. The number of carbonyl (C=O) groups excluding carboxylic acids is 1. The first kappa shape index (κ1) is 15.2. The van der Waals surface area contributed by atoms with Crippen molar-refractivity contribution >= 4 is 6.03 Å². The predicted octanol–water partition coefficient (Wildman–Crippen LogP) is 1.36. The fourth-order valence-corrected chi connectivity index (χ4v) is 2.19. The number of urea groups is 1. The minimum absolute atomic E-state index is 0.125. The van der Waals surface area contributed by atoms with Gasteiger partial charge < -0.3 is 20.1 Å². The molecule has 2 amide bonds. The standard InChI is InChI=1S/C13H26N2O3/c1-3-15(4-2)13(17)14-9-11(16)10-18-12-7-5-6-8-12/h11-12,16H,3-10H2,1-2H3,(H,14,17). The largest absolute Gasteiger partial charge is 0.389 e. The van der Waals surface area contributed by atoms with Gasteiger partial charge in [-0.05, 0) is 26.7 Å². The number of aliphatic hydroxyl groups is 1. The van der Waals surface area contributed by atoms with Crippen LogP contribution in [0.1, 0.15) is 39.5 Å². The lowest BCUT2D eigenvalue weighted by Crippen LogP contribution is -2.43. The van der Waals surface area contributed by atoms with Gasteiger partial charge in [0, 0.05) is 19.6 Å². The zero-order valence-electron chi connectivity index (χ0n) is 11.5. The van der Waals surface area contributed by atoms with Crippen LogP contribution in [0.2, 0.25) is 0 Å². The van der Waals surface area contributed by atoms with E-state index in [1.165, 1.54) is 12.8 Å². The molecule has 5 nitrogen and oxygen atoms in total. The van der Waals surface area contributed by atoms with E-state index in [0.29, 0.717) is 25.8 Å². The second kappa shape index (κ2) is 8.32. The molecule has 0 heterocycles. The average molecular weight is 258 g/mol. The van der Waals surface area contributed by atoms with Gasteiger partial charge in [-0.15, -0.1) is 0 Å². The summed E-state index contributed by atoms with van der Waals surface area (Å²) in [6.45, 7) is 5.78. The molecule has 1 rings (SSSR count). The molecule has 1 atom stereocenters. The molecule has 1 saturated carbocycles. The molecule has 2 N–H and O–H groups in total. The summed E-state index contributed by atoms with van der Waals surface area (Å²) < 4.78 is 5.60. The van der Waals surface area contributed by atoms with Crippen LogP contribution >= 0.6 is 0 Å². The SMILES string of the molecule is CCN(CC)C(=O)NCC(O)COC1CCCC1. The highest BCUT2D eigenvalue weighted by Crippen LogP contribution is 2.20. The number of rotatable bonds is 7. The van der Waals surface area contributed by atoms with E-state index in [1.807, 2.05) is 13.8 Å². The van der Waals surface area contributed by atoms with Gasteiger partial charge in [-0.1, -0.05) is 12.8 Å². The highest BCUT2D eigenvalue weighted by Gasteiger charge is 2.17. The van der Waals surface area contributed by atoms with Gasteiger partial charge in [-0.2, -0.15) is 0 Å². The Balaban J connectivity index is 2.11. The molecule has 1 aliphatic carbocycles. The van der Waals surface area contributed by atoms with E-state index in [1.54, 1.807) is 4.90 Å². The third-order valence-electron chi connectivity index (χ3n) is 3.37. The maximum absolute atomic E-state index is 11.6. The number of amides is 2. The molecular weight excluding hydrogens is 232 g/mol. The summed E-state index contributed by atoms with van der Waals surface area (Å²) in [4.78, 5) is 13.3. The van der Waals surface area contributed by atoms with Crippen molar-refractivity contribution in [2.75, 3.05) is 26.2 Å². The second-order valence-corrected chi connectivity index (χ2v) is 4.75. The summed E-state index contributed by atoms with van der Waals surface area (Å²) >= 11 is 0. The van der Waals surface area contributed by atoms with Gasteiger partial charge >= 0.3 is 6.03 Å². The third-order valence-corrected chi connectivity index (χ3v) is 3.37. The Morgan fingerprint density at radius 1 is 1.39 bits per heavy atom. The van der Waals surface area contributed by atoms with Crippen LogP contribution in [0.4, 0.5) is 4.79 Å². The van der Waals surface area contributed by atoms with Crippen molar-refractivity contribution in [1.82, 2.24) is 10.2 Å². The molecule has 106 valence electrons. The van der Waals surface area contributed by atoms with Crippen molar-refractivity contribution in [3.05, 3.63) is 0 Å². The Hall–Kier alpha value is -0.810. The van der Waals surface area contributed by atoms with Crippen LogP contribution in [-0.4, -0.2) is 54.5 Å². The quantitative estimate of drug-likeness (QED) is 0.725. The Kier molecular flexibility index (Phi) is 7.05. The van der Waals surface area contributed by atoms with E-state index >= 15 is 0 Å². The monoisotopic (exact) mass is 258 g/mol. The van der Waals surface area contributed by atoms with E-state index in [4.69, 9.17) is 4.74 Å². The van der Waals surface area contributed by atoms with Gasteiger partial charge in [0.15, 0.2) is 0 Å². The Morgan fingerprint density at radius 3 is 2.56 bits per heavy atom. The molecule has 1 aliphatic rings. The van der Waals surface area contributed by atoms with Gasteiger partial charge in [0.2, 0.25) is 0 Å². The number of hydrogen-bond donors (Lipinski definition) is 2. The molecule has 0 radical (unpaired) electrons. The van der Waals surface area contributed by atoms with E-state index in [2.05, 4.69) is 5.32 Å². The fraction of sp³-hybridized carbons (Fsp3) is 0.923. The first-order valence-corrected chi connectivity index (χ1v) is 6.99. The number of carbonyl (C=O) groups is 1. The van der Waals surface area contributed by atoms with Crippen LogP contribution in [0, 0.1) is 0 Å². The molecule has 0 aromatic rings. The molecule has 0 aliphatic heterocycles. The molecule has 0 spiro atoms. The van der Waals surface area contributed by atoms with Gasteiger partial charge in [0.25, 0.3) is 0 Å². The van der Waals surface area contributed by atoms with E-state index in [0.717, 1.165) is 12.8 Å². The molecule has 1 unspecified atom stereocenters. The number of ether oxygens (including phenoxy) is 1. The molecule has 0 saturated heterocycles. The van der Waals surface area contributed by atoms with Crippen molar-refractivity contribution in [1.29, 1.82) is 0 Å². The Bertz CT molecular complexity index is 238. The van der Waals surface area contributed by atoms with Crippen molar-refractivity contribution in [2.24, 2.45) is 0 Å². The van der Waals surface area contributed by atoms with Gasteiger partial charge in [-0.3, -0.25) is 0 Å². The maximum Gasteiger partial charge on any atom is 0.317 e. The number of nitrogens with zero attached hydrogens (tertiary/aromatic N) is 1. The summed E-state index contributed by atoms with van der Waals surface area (Å²) in [6, 6.07) is -0.125. The summed E-state index contributed by atoms with van der Waals surface area (Å²) in [5, 5.41) is 12.4. The van der Waals surface area contributed by atoms with Crippen molar-refractivity contribution in [2.45, 2.75) is 51.7 Å². The Morgan fingerprint density at radius 2 is 2.00 bits per heavy atom. The average Bonchev–Trinajstić information content (AvgIpc) is 2.88. The molecule has 1 fully saturated rings. The first-order chi connectivity index (χ1) is 8.67. The predicted molar refractivity (Wildman–Crippen MR) is 70.5 cm³/mol. The minimum Gasteiger partial charge on any atom is -0.389 e. The molecule has 18 heavy (non-hydrogen) atoms. The second-order valence-electron chi connectivity index (χ2n) is 4.75. The van der Waals surface area contributed by atoms with Crippen LogP contribution in [-0.2, 0) is 4.74 Å². The number of nitrogens with one attached hydrogen (secondary N) is 1. The van der Waals surface area contributed by atoms with Gasteiger partial charge in [0.1, 0.15) is 0 Å². The molecule has 0 aromatic heterocycles. The van der Waals surface area contributed by atoms with Crippen LogP contribution in [0.3, 0.4) is 0 Å². The lowest BCUT2D eigenvalue weighted by atomic mass is 10.3. The minimum atomic E-state index is -0.620. The number of hydrogen-bond acceptors (Lipinski definition) is 3. The van der Waals surface area contributed by atoms with Crippen LogP contribution < -0.4 is 5.32 Å². The molecular formula is C13H26N2O3. The zero-order chi connectivity index (χ0) is 13.4. The van der Waals surface area contributed by atoms with Gasteiger partial charge in [-0.25, -0.2) is 4.79 Å². The third kappa shape index (κ3) is 5.23. The van der Waals surface area contributed by atoms with E-state index < -0.39 is 6.10 Å². The summed E-state index contributed by atoms with van der Waals surface area (Å²) in [6.07, 6.45) is 4.32. The van der Waals surface area contributed by atoms with Crippen LogP contribution in [0.15, 0.2) is 0 Å². The van der Waals surface area contributed by atoms with Crippen molar-refractivity contribution in [3.63, 3.8) is 0 Å². The summed E-state index contributed by atoms with van der Waals surface area (Å²) in [5.74, 6) is 0. The first-order valence-electron chi connectivity index (χ1n) is 6.99. The van der Waals surface area contributed by atoms with Crippen molar-refractivity contribution in [3.8, 4) is 0 Å². The lowest BCUT2D eigenvalue weighted by Gasteiger charge is -2.21. The lowest BCUT2D eigenvalue weighted by molar-refractivity contribution is -0.00481. The molecule has 5 heteroatoms. The Labute approximate surface area is 109 Å². The topological polar surface area (TPSA) is 61.8 Å². The highest BCUT2D eigenvalue weighted by molar-refractivity contribution is 5.74.